The summed E-state index contributed by atoms with van der Waals surface area (Å²) in [5.41, 5.74) is -1.18. The van der Waals surface area contributed by atoms with E-state index in [4.69, 9.17) is 4.74 Å². The Morgan fingerprint density at radius 1 is 1.12 bits per heavy atom. The van der Waals surface area contributed by atoms with Crippen LogP contribution in [0, 0.1) is 36.3 Å². The zero-order valence-corrected chi connectivity index (χ0v) is 24.2. The van der Waals surface area contributed by atoms with Gasteiger partial charge >= 0.3 is 5.97 Å². The molecule has 0 saturated carbocycles. The van der Waals surface area contributed by atoms with E-state index in [1.54, 1.807) is 13.8 Å². The maximum Gasteiger partial charge on any atom is 0.312 e. The summed E-state index contributed by atoms with van der Waals surface area (Å²) >= 11 is 0. The summed E-state index contributed by atoms with van der Waals surface area (Å²) in [5.74, 6) is -10.9. The lowest BCUT2D eigenvalue weighted by molar-refractivity contribution is -0.164. The number of hydrogen-bond acceptors (Lipinski definition) is 9. The second kappa shape index (κ2) is 13.8. The fourth-order valence-electron chi connectivity index (χ4n) is 4.60. The van der Waals surface area contributed by atoms with Crippen molar-refractivity contribution in [2.75, 3.05) is 0 Å². The zero-order valence-electron chi connectivity index (χ0n) is 24.2. The average Bonchev–Trinajstić information content (AvgIpc) is 2.94. The predicted molar refractivity (Wildman–Crippen MR) is 144 cm³/mol. The topological polar surface area (TPSA) is 180 Å². The molecule has 6 unspecified atom stereocenters. The fraction of sp³-hybridized carbons (Fsp3) is 0.500. The molecule has 1 aliphatic rings. The number of hydrogen-bond donors (Lipinski definition) is 5. The quantitative estimate of drug-likeness (QED) is 0.238. The van der Waals surface area contributed by atoms with Crippen LogP contribution in [0.1, 0.15) is 55.9 Å². The standard InChI is InChI=1S/C28H34F3N5O7/c1-11(2)9-18-25(39)34-14(5)21(36-27(41)22-17(37)7-6-8-32-22)26(40)35-16(23(38)12(3)28(42)43-18)10-15-13(4)33-24(31)20(30)19(15)29/h6-8,11-12,14,16,18,21,23,37-38H,9-10H2,1-5H3,(H,34,39)(H,35,40)(H,36,41). The first-order chi connectivity index (χ1) is 20.1. The number of carbonyl (C=O) groups is 4. The molecule has 43 heavy (non-hydrogen) atoms. The number of aliphatic hydroxyl groups excluding tert-OH is 1. The summed E-state index contributed by atoms with van der Waals surface area (Å²) < 4.78 is 48.0. The van der Waals surface area contributed by atoms with E-state index >= 15 is 0 Å². The number of amides is 3. The van der Waals surface area contributed by atoms with Crippen molar-refractivity contribution in [3.8, 4) is 5.75 Å². The van der Waals surface area contributed by atoms with Gasteiger partial charge in [-0.15, -0.1) is 0 Å². The summed E-state index contributed by atoms with van der Waals surface area (Å²) in [4.78, 5) is 59.9. The number of halogens is 3. The number of aromatic nitrogens is 2. The van der Waals surface area contributed by atoms with Gasteiger partial charge in [0.25, 0.3) is 17.8 Å². The van der Waals surface area contributed by atoms with Crippen LogP contribution in [0.5, 0.6) is 5.75 Å². The molecule has 0 aromatic carbocycles. The average molecular weight is 610 g/mol. The number of cyclic esters (lactones) is 1. The second-order valence-corrected chi connectivity index (χ2v) is 10.9. The maximum absolute atomic E-state index is 14.8. The van der Waals surface area contributed by atoms with Gasteiger partial charge in [-0.3, -0.25) is 19.2 Å². The maximum atomic E-state index is 14.8. The molecule has 0 radical (unpaired) electrons. The van der Waals surface area contributed by atoms with Gasteiger partial charge in [0.15, 0.2) is 17.6 Å². The molecular weight excluding hydrogens is 575 g/mol. The van der Waals surface area contributed by atoms with E-state index in [9.17, 15) is 42.6 Å². The number of carbonyl (C=O) groups excluding carboxylic acids is 4. The number of pyridine rings is 2. The molecule has 2 aromatic rings. The summed E-state index contributed by atoms with van der Waals surface area (Å²) in [6.07, 6.45) is -2.47. The molecule has 3 rings (SSSR count). The monoisotopic (exact) mass is 609 g/mol. The minimum atomic E-state index is -1.87. The van der Waals surface area contributed by atoms with Gasteiger partial charge in [-0.1, -0.05) is 13.8 Å². The van der Waals surface area contributed by atoms with E-state index in [0.29, 0.717) is 0 Å². The first kappa shape index (κ1) is 33.2. The Kier molecular flexibility index (Phi) is 10.7. The number of ether oxygens (including phenoxy) is 1. The van der Waals surface area contributed by atoms with Crippen molar-refractivity contribution >= 4 is 23.7 Å². The van der Waals surface area contributed by atoms with Crippen molar-refractivity contribution < 1.29 is 47.3 Å². The minimum absolute atomic E-state index is 0.0759. The predicted octanol–water partition coefficient (Wildman–Crippen LogP) is 1.21. The molecule has 0 bridgehead atoms. The molecule has 5 N–H and O–H groups in total. The molecule has 0 spiro atoms. The van der Waals surface area contributed by atoms with E-state index in [2.05, 4.69) is 25.9 Å². The Bertz CT molecular complexity index is 1390. The van der Waals surface area contributed by atoms with Crippen LogP contribution >= 0.6 is 0 Å². The number of aryl methyl sites for hydroxylation is 1. The van der Waals surface area contributed by atoms with Crippen molar-refractivity contribution in [2.45, 2.75) is 77.8 Å². The van der Waals surface area contributed by atoms with Gasteiger partial charge in [0.05, 0.1) is 24.1 Å². The number of aliphatic hydroxyl groups is 1. The molecule has 234 valence electrons. The Morgan fingerprint density at radius 2 is 1.79 bits per heavy atom. The molecule has 6 atom stereocenters. The SMILES string of the molecule is Cc1nc(F)c(F)c(F)c1CC1NC(=O)C(NC(=O)c2ncccc2O)C(C)NC(=O)C(CC(C)C)OC(=O)C(C)C1O. The van der Waals surface area contributed by atoms with E-state index < -0.39 is 101 Å². The molecule has 3 amide bonds. The van der Waals surface area contributed by atoms with Gasteiger partial charge in [-0.2, -0.15) is 8.78 Å². The molecule has 0 aliphatic carbocycles. The number of esters is 1. The summed E-state index contributed by atoms with van der Waals surface area (Å²) in [6.45, 7) is 7.37. The third-order valence-electron chi connectivity index (χ3n) is 7.07. The van der Waals surface area contributed by atoms with E-state index in [0.717, 1.165) is 0 Å². The highest BCUT2D eigenvalue weighted by molar-refractivity contribution is 5.98. The normalized spacial score (nSPS) is 25.2. The Balaban J connectivity index is 2.07. The lowest BCUT2D eigenvalue weighted by Crippen LogP contribution is -2.62. The van der Waals surface area contributed by atoms with Crippen molar-refractivity contribution in [1.29, 1.82) is 0 Å². The summed E-state index contributed by atoms with van der Waals surface area (Å²) in [6, 6.07) is -1.71. The van der Waals surface area contributed by atoms with Gasteiger partial charge in [-0.25, -0.2) is 14.4 Å². The van der Waals surface area contributed by atoms with E-state index in [1.807, 2.05) is 0 Å². The number of rotatable bonds is 6. The summed E-state index contributed by atoms with van der Waals surface area (Å²) in [5, 5.41) is 28.6. The molecule has 1 aliphatic heterocycles. The van der Waals surface area contributed by atoms with Gasteiger partial charge in [0, 0.05) is 17.5 Å². The van der Waals surface area contributed by atoms with Crippen LogP contribution < -0.4 is 16.0 Å². The van der Waals surface area contributed by atoms with Crippen LogP contribution in [-0.2, 0) is 25.5 Å². The molecule has 1 saturated heterocycles. The van der Waals surface area contributed by atoms with Crippen molar-refractivity contribution in [3.05, 3.63) is 52.9 Å². The van der Waals surface area contributed by atoms with Crippen molar-refractivity contribution in [2.24, 2.45) is 11.8 Å². The Morgan fingerprint density at radius 3 is 2.42 bits per heavy atom. The zero-order chi connectivity index (χ0) is 32.2. The number of aromatic hydroxyl groups is 1. The molecule has 3 heterocycles. The molecular formula is C28H34F3N5O7. The smallest absolute Gasteiger partial charge is 0.312 e. The van der Waals surface area contributed by atoms with Crippen LogP contribution in [0.2, 0.25) is 0 Å². The first-order valence-corrected chi connectivity index (χ1v) is 13.6. The van der Waals surface area contributed by atoms with E-state index in [1.165, 1.54) is 39.1 Å². The minimum Gasteiger partial charge on any atom is -0.505 e. The fourth-order valence-corrected chi connectivity index (χ4v) is 4.60. The third-order valence-corrected chi connectivity index (χ3v) is 7.07. The van der Waals surface area contributed by atoms with Crippen LogP contribution in [0.3, 0.4) is 0 Å². The highest BCUT2D eigenvalue weighted by atomic mass is 19.2. The lowest BCUT2D eigenvalue weighted by Gasteiger charge is -2.34. The van der Waals surface area contributed by atoms with Crippen molar-refractivity contribution in [3.63, 3.8) is 0 Å². The van der Waals surface area contributed by atoms with Crippen LogP contribution in [0.4, 0.5) is 13.2 Å². The van der Waals surface area contributed by atoms with Crippen LogP contribution in [0.15, 0.2) is 18.3 Å². The lowest BCUT2D eigenvalue weighted by atomic mass is 9.91. The molecule has 12 nitrogen and oxygen atoms in total. The Hall–Kier alpha value is -4.27. The molecule has 15 heteroatoms. The van der Waals surface area contributed by atoms with Gasteiger partial charge in [0.1, 0.15) is 11.8 Å². The van der Waals surface area contributed by atoms with E-state index in [-0.39, 0.29) is 18.0 Å². The van der Waals surface area contributed by atoms with Crippen LogP contribution in [0.25, 0.3) is 0 Å². The first-order valence-electron chi connectivity index (χ1n) is 13.6. The second-order valence-electron chi connectivity index (χ2n) is 10.9. The van der Waals surface area contributed by atoms with Crippen molar-refractivity contribution in [1.82, 2.24) is 25.9 Å². The number of nitrogens with zero attached hydrogens (tertiary/aromatic N) is 2. The van der Waals surface area contributed by atoms with Gasteiger partial charge in [0.2, 0.25) is 11.7 Å². The summed E-state index contributed by atoms with van der Waals surface area (Å²) in [7, 11) is 0. The third kappa shape index (κ3) is 7.77. The molecule has 1 fully saturated rings. The largest absolute Gasteiger partial charge is 0.505 e. The van der Waals surface area contributed by atoms with Crippen LogP contribution in [-0.4, -0.2) is 74.2 Å². The highest BCUT2D eigenvalue weighted by Gasteiger charge is 2.40. The highest BCUT2D eigenvalue weighted by Crippen LogP contribution is 2.23. The molecule has 2 aromatic heterocycles. The number of nitrogens with one attached hydrogen (secondary N) is 3. The Labute approximate surface area is 245 Å². The van der Waals surface area contributed by atoms with Gasteiger partial charge in [-0.05, 0) is 51.7 Å². The van der Waals surface area contributed by atoms with Gasteiger partial charge < -0.3 is 30.9 Å².